The zero-order chi connectivity index (χ0) is 25.7. The molecule has 0 saturated heterocycles. The number of hydrogen-bond donors (Lipinski definition) is 1. The first-order chi connectivity index (χ1) is 17.4. The van der Waals surface area contributed by atoms with Crippen LogP contribution in [0, 0.1) is 11.3 Å². The van der Waals surface area contributed by atoms with Crippen LogP contribution in [0.25, 0.3) is 22.0 Å². The minimum absolute atomic E-state index is 0.117. The molecular weight excluding hydrogens is 452 g/mol. The van der Waals surface area contributed by atoms with Gasteiger partial charge in [-0.1, -0.05) is 12.1 Å². The summed E-state index contributed by atoms with van der Waals surface area (Å²) < 4.78 is 5.92. The van der Waals surface area contributed by atoms with Gasteiger partial charge in [-0.2, -0.15) is 10.4 Å². The van der Waals surface area contributed by atoms with Crippen LogP contribution >= 0.6 is 0 Å². The molecule has 1 atom stereocenters. The van der Waals surface area contributed by atoms with Crippen LogP contribution in [0.2, 0.25) is 0 Å². The molecule has 1 N–H and O–H groups in total. The fourth-order valence-corrected chi connectivity index (χ4v) is 4.35. The molecule has 8 nitrogen and oxygen atoms in total. The molecule has 0 fully saturated rings. The molecule has 0 unspecified atom stereocenters. The van der Waals surface area contributed by atoms with Crippen LogP contribution < -0.4 is 4.74 Å². The molecule has 0 radical (unpaired) electrons. The van der Waals surface area contributed by atoms with Gasteiger partial charge in [0.05, 0.1) is 36.0 Å². The van der Waals surface area contributed by atoms with Crippen LogP contribution in [0.1, 0.15) is 40.9 Å². The Morgan fingerprint density at radius 1 is 1.14 bits per heavy atom. The van der Waals surface area contributed by atoms with Crippen LogP contribution in [0.5, 0.6) is 5.75 Å². The van der Waals surface area contributed by atoms with E-state index in [0.29, 0.717) is 23.5 Å². The van der Waals surface area contributed by atoms with Gasteiger partial charge in [-0.25, -0.2) is 0 Å². The van der Waals surface area contributed by atoms with E-state index >= 15 is 0 Å². The monoisotopic (exact) mass is 482 g/mol. The maximum absolute atomic E-state index is 13.8. The molecule has 0 saturated carbocycles. The first-order valence-corrected chi connectivity index (χ1v) is 11.9. The van der Waals surface area contributed by atoms with Gasteiger partial charge in [0, 0.05) is 41.5 Å². The minimum Gasteiger partial charge on any atom is -0.493 e. The zero-order valence-electron chi connectivity index (χ0n) is 21.0. The van der Waals surface area contributed by atoms with Crippen molar-refractivity contribution in [3.05, 3.63) is 77.7 Å². The highest BCUT2D eigenvalue weighted by molar-refractivity contribution is 5.96. The summed E-state index contributed by atoms with van der Waals surface area (Å²) in [5.41, 5.74) is 4.61. The summed E-state index contributed by atoms with van der Waals surface area (Å²) in [6.45, 7) is 3.16. The van der Waals surface area contributed by atoms with Crippen molar-refractivity contribution in [2.45, 2.75) is 19.4 Å². The molecule has 2 heterocycles. The number of carbonyl (C=O) groups excluding carboxylic acids is 1. The number of ether oxygens (including phenoxy) is 1. The second kappa shape index (κ2) is 11.0. The Morgan fingerprint density at radius 3 is 2.72 bits per heavy atom. The third kappa shape index (κ3) is 5.21. The van der Waals surface area contributed by atoms with Crippen molar-refractivity contribution in [3.8, 4) is 22.9 Å². The molecule has 0 aliphatic carbocycles. The first-order valence-electron chi connectivity index (χ1n) is 11.9. The van der Waals surface area contributed by atoms with Crippen molar-refractivity contribution in [1.82, 2.24) is 25.0 Å². The van der Waals surface area contributed by atoms with Gasteiger partial charge in [0.2, 0.25) is 0 Å². The number of nitrogens with one attached hydrogen (secondary N) is 1. The van der Waals surface area contributed by atoms with E-state index in [9.17, 15) is 10.1 Å². The molecule has 2 aromatic heterocycles. The number of benzene rings is 2. The van der Waals surface area contributed by atoms with E-state index in [1.165, 1.54) is 0 Å². The molecule has 0 spiro atoms. The number of aromatic nitrogens is 3. The molecule has 0 bridgehead atoms. The van der Waals surface area contributed by atoms with E-state index in [0.717, 1.165) is 40.6 Å². The van der Waals surface area contributed by atoms with Gasteiger partial charge in [0.1, 0.15) is 5.75 Å². The highest BCUT2D eigenvalue weighted by atomic mass is 16.5. The Bertz CT molecular complexity index is 1400. The summed E-state index contributed by atoms with van der Waals surface area (Å²) in [5.74, 6) is 0.488. The largest absolute Gasteiger partial charge is 0.493 e. The Kier molecular flexibility index (Phi) is 7.62. The Labute approximate surface area is 211 Å². The predicted octanol–water partition coefficient (Wildman–Crippen LogP) is 4.66. The average molecular weight is 483 g/mol. The number of nitriles is 1. The molecule has 1 amide bonds. The summed E-state index contributed by atoms with van der Waals surface area (Å²) in [6, 6.07) is 14.8. The number of aromatic amines is 1. The highest BCUT2D eigenvalue weighted by Gasteiger charge is 2.26. The van der Waals surface area contributed by atoms with E-state index in [1.807, 2.05) is 64.6 Å². The van der Waals surface area contributed by atoms with Crippen LogP contribution in [-0.4, -0.2) is 65.2 Å². The predicted molar refractivity (Wildman–Crippen MR) is 140 cm³/mol. The Morgan fingerprint density at radius 2 is 1.97 bits per heavy atom. The number of fused-ring (bicyclic) bond motifs is 1. The molecule has 0 aliphatic rings. The molecule has 36 heavy (non-hydrogen) atoms. The lowest BCUT2D eigenvalue weighted by Gasteiger charge is -2.30. The Hall–Kier alpha value is -4.22. The van der Waals surface area contributed by atoms with Crippen molar-refractivity contribution >= 4 is 16.8 Å². The zero-order valence-corrected chi connectivity index (χ0v) is 21.0. The number of pyridine rings is 1. The van der Waals surface area contributed by atoms with Crippen molar-refractivity contribution in [2.75, 3.05) is 34.3 Å². The van der Waals surface area contributed by atoms with Crippen LogP contribution in [-0.2, 0) is 0 Å². The summed E-state index contributed by atoms with van der Waals surface area (Å²) in [6.07, 6.45) is 6.04. The summed E-state index contributed by atoms with van der Waals surface area (Å²) in [5, 5.41) is 17.4. The quantitative estimate of drug-likeness (QED) is 0.373. The van der Waals surface area contributed by atoms with Gasteiger partial charge in [0.15, 0.2) is 0 Å². The van der Waals surface area contributed by atoms with Gasteiger partial charge < -0.3 is 14.5 Å². The van der Waals surface area contributed by atoms with Gasteiger partial charge in [-0.3, -0.25) is 14.9 Å². The molecule has 4 rings (SSSR count). The highest BCUT2D eigenvalue weighted by Crippen LogP contribution is 2.34. The molecular formula is C28H30N6O2. The fourth-order valence-electron chi connectivity index (χ4n) is 4.35. The van der Waals surface area contributed by atoms with E-state index in [2.05, 4.69) is 26.2 Å². The maximum Gasteiger partial charge on any atom is 0.254 e. The van der Waals surface area contributed by atoms with Gasteiger partial charge in [-0.05, 0) is 69.9 Å². The van der Waals surface area contributed by atoms with Gasteiger partial charge in [-0.15, -0.1) is 0 Å². The number of nitrogens with zero attached hydrogens (tertiary/aromatic N) is 5. The fraction of sp³-hybridized carbons (Fsp3) is 0.286. The third-order valence-electron chi connectivity index (χ3n) is 6.21. The average Bonchev–Trinajstić information content (AvgIpc) is 3.38. The topological polar surface area (TPSA) is 98.1 Å². The molecule has 184 valence electrons. The van der Waals surface area contributed by atoms with Crippen LogP contribution in [0.15, 0.2) is 61.1 Å². The number of carbonyl (C=O) groups is 1. The summed E-state index contributed by atoms with van der Waals surface area (Å²) >= 11 is 0. The third-order valence-corrected chi connectivity index (χ3v) is 6.21. The number of hydrogen-bond acceptors (Lipinski definition) is 6. The van der Waals surface area contributed by atoms with Gasteiger partial charge >= 0.3 is 0 Å². The number of rotatable bonds is 9. The second-order valence-electron chi connectivity index (χ2n) is 8.92. The minimum atomic E-state index is -0.209. The van der Waals surface area contributed by atoms with Crippen molar-refractivity contribution < 1.29 is 9.53 Å². The maximum atomic E-state index is 13.8. The van der Waals surface area contributed by atoms with E-state index in [4.69, 9.17) is 4.74 Å². The SMILES string of the molecule is CCOc1cc(C(=O)N(C)[C@H](CCN(C)C)c2cncc3cn[nH]c23)ccc1-c1cccc(C#N)c1. The second-order valence-corrected chi connectivity index (χ2v) is 8.92. The number of H-pyrrole nitrogens is 1. The van der Waals surface area contributed by atoms with E-state index in [-0.39, 0.29) is 11.9 Å². The van der Waals surface area contributed by atoms with Crippen molar-refractivity contribution in [2.24, 2.45) is 0 Å². The lowest BCUT2D eigenvalue weighted by molar-refractivity contribution is 0.0716. The van der Waals surface area contributed by atoms with Crippen LogP contribution in [0.3, 0.4) is 0 Å². The van der Waals surface area contributed by atoms with Crippen LogP contribution in [0.4, 0.5) is 0 Å². The van der Waals surface area contributed by atoms with E-state index in [1.54, 1.807) is 29.4 Å². The first kappa shape index (κ1) is 24.9. The van der Waals surface area contributed by atoms with Crippen molar-refractivity contribution in [3.63, 3.8) is 0 Å². The smallest absolute Gasteiger partial charge is 0.254 e. The van der Waals surface area contributed by atoms with Gasteiger partial charge in [0.25, 0.3) is 5.91 Å². The number of amides is 1. The molecule has 8 heteroatoms. The molecule has 0 aliphatic heterocycles. The summed E-state index contributed by atoms with van der Waals surface area (Å²) in [7, 11) is 5.85. The summed E-state index contributed by atoms with van der Waals surface area (Å²) in [4.78, 5) is 22.0. The van der Waals surface area contributed by atoms with Crippen molar-refractivity contribution in [1.29, 1.82) is 5.26 Å². The standard InChI is InChI=1S/C28H30N6O2/c1-5-36-26-14-21(9-10-23(26)20-8-6-7-19(13-20)15-29)28(35)34(4)25(11-12-33(2)3)24-18-30-16-22-17-31-32-27(22)24/h6-10,13-14,16-18,25H,5,11-12H2,1-4H3,(H,31,32)/t25-/m1/s1. The Balaban J connectivity index is 1.70. The lowest BCUT2D eigenvalue weighted by Crippen LogP contribution is -2.33. The molecule has 2 aromatic carbocycles. The normalized spacial score (nSPS) is 11.9. The molecule has 4 aromatic rings. The lowest BCUT2D eigenvalue weighted by atomic mass is 9.98. The van der Waals surface area contributed by atoms with E-state index < -0.39 is 0 Å².